The zero-order valence-electron chi connectivity index (χ0n) is 11.5. The van der Waals surface area contributed by atoms with E-state index in [4.69, 9.17) is 0 Å². The van der Waals surface area contributed by atoms with Gasteiger partial charge in [-0.3, -0.25) is 4.90 Å². The summed E-state index contributed by atoms with van der Waals surface area (Å²) in [5.41, 5.74) is 1.72. The summed E-state index contributed by atoms with van der Waals surface area (Å²) in [5, 5.41) is 3.56. The van der Waals surface area contributed by atoms with Crippen LogP contribution in [0, 0.1) is 11.2 Å². The third-order valence-electron chi connectivity index (χ3n) is 4.62. The van der Waals surface area contributed by atoms with Crippen LogP contribution in [0.5, 0.6) is 0 Å². The van der Waals surface area contributed by atoms with E-state index < -0.39 is 0 Å². The van der Waals surface area contributed by atoms with E-state index in [1.165, 1.54) is 57.4 Å². The van der Waals surface area contributed by atoms with Gasteiger partial charge in [-0.15, -0.1) is 0 Å². The Labute approximate surface area is 115 Å². The molecule has 2 aliphatic heterocycles. The Hall–Kier alpha value is -0.930. The number of nitrogens with one attached hydrogen (secondary N) is 1. The van der Waals surface area contributed by atoms with Crippen molar-refractivity contribution in [1.82, 2.24) is 10.2 Å². The molecule has 0 bridgehead atoms. The number of nitrogens with zero attached hydrogens (tertiary/aromatic N) is 1. The third kappa shape index (κ3) is 3.15. The standard InChI is InChI=1S/C16H23FN2/c17-15-5-3-14(4-6-15)11-19-10-2-8-16(13-19)7-1-9-18-12-16/h3-6,18H,1-2,7-13H2. The molecule has 1 atom stereocenters. The first-order chi connectivity index (χ1) is 9.26. The van der Waals surface area contributed by atoms with Crippen LogP contribution in [-0.4, -0.2) is 31.1 Å². The van der Waals surface area contributed by atoms with E-state index in [-0.39, 0.29) is 5.82 Å². The lowest BCUT2D eigenvalue weighted by atomic mass is 9.74. The van der Waals surface area contributed by atoms with Crippen molar-refractivity contribution in [1.29, 1.82) is 0 Å². The minimum atomic E-state index is -0.143. The Kier molecular flexibility index (Phi) is 3.85. The van der Waals surface area contributed by atoms with Crippen LogP contribution in [0.4, 0.5) is 4.39 Å². The fourth-order valence-electron chi connectivity index (χ4n) is 3.67. The molecule has 1 aromatic rings. The zero-order chi connectivity index (χ0) is 13.1. The van der Waals surface area contributed by atoms with E-state index in [1.807, 2.05) is 12.1 Å². The molecule has 0 saturated carbocycles. The van der Waals surface area contributed by atoms with Crippen molar-refractivity contribution in [2.24, 2.45) is 5.41 Å². The molecule has 0 aromatic heterocycles. The SMILES string of the molecule is Fc1ccc(CN2CCCC3(CCCNC3)C2)cc1. The molecule has 2 heterocycles. The molecule has 1 unspecified atom stereocenters. The predicted molar refractivity (Wildman–Crippen MR) is 75.4 cm³/mol. The highest BCUT2D eigenvalue weighted by atomic mass is 19.1. The lowest BCUT2D eigenvalue weighted by Crippen LogP contribution is -2.50. The summed E-state index contributed by atoms with van der Waals surface area (Å²) in [6.45, 7) is 5.69. The van der Waals surface area contributed by atoms with Crippen LogP contribution in [0.1, 0.15) is 31.2 Å². The van der Waals surface area contributed by atoms with E-state index in [1.54, 1.807) is 12.1 Å². The van der Waals surface area contributed by atoms with Gasteiger partial charge in [0.05, 0.1) is 0 Å². The Balaban J connectivity index is 1.63. The average molecular weight is 262 g/mol. The van der Waals surface area contributed by atoms with E-state index in [2.05, 4.69) is 10.2 Å². The van der Waals surface area contributed by atoms with Crippen LogP contribution in [0.25, 0.3) is 0 Å². The molecule has 2 saturated heterocycles. The first-order valence-corrected chi connectivity index (χ1v) is 7.43. The van der Waals surface area contributed by atoms with Crippen LogP contribution in [0.3, 0.4) is 0 Å². The summed E-state index contributed by atoms with van der Waals surface area (Å²) in [6.07, 6.45) is 5.33. The minimum Gasteiger partial charge on any atom is -0.316 e. The summed E-state index contributed by atoms with van der Waals surface area (Å²) < 4.78 is 12.9. The molecule has 1 N–H and O–H groups in total. The Bertz CT molecular complexity index is 404. The van der Waals surface area contributed by atoms with Crippen molar-refractivity contribution in [3.8, 4) is 0 Å². The molecule has 1 aromatic carbocycles. The summed E-state index contributed by atoms with van der Waals surface area (Å²) in [6, 6.07) is 6.96. The van der Waals surface area contributed by atoms with Crippen molar-refractivity contribution in [3.05, 3.63) is 35.6 Å². The van der Waals surface area contributed by atoms with E-state index in [9.17, 15) is 4.39 Å². The summed E-state index contributed by atoms with van der Waals surface area (Å²) in [5.74, 6) is -0.143. The molecule has 19 heavy (non-hydrogen) atoms. The van der Waals surface area contributed by atoms with E-state index in [0.717, 1.165) is 6.54 Å². The first kappa shape index (κ1) is 13.1. The molecule has 2 fully saturated rings. The van der Waals surface area contributed by atoms with Crippen molar-refractivity contribution in [2.45, 2.75) is 32.2 Å². The molecular weight excluding hydrogens is 239 g/mol. The number of benzene rings is 1. The van der Waals surface area contributed by atoms with Crippen LogP contribution >= 0.6 is 0 Å². The fraction of sp³-hybridized carbons (Fsp3) is 0.625. The molecule has 104 valence electrons. The molecule has 0 aliphatic carbocycles. The van der Waals surface area contributed by atoms with E-state index in [0.29, 0.717) is 5.41 Å². The Morgan fingerprint density at radius 3 is 2.68 bits per heavy atom. The number of likely N-dealkylation sites (tertiary alicyclic amines) is 1. The van der Waals surface area contributed by atoms with Gasteiger partial charge in [-0.1, -0.05) is 12.1 Å². The van der Waals surface area contributed by atoms with Gasteiger partial charge in [0.25, 0.3) is 0 Å². The van der Waals surface area contributed by atoms with Crippen LogP contribution in [0.2, 0.25) is 0 Å². The van der Waals surface area contributed by atoms with Crippen molar-refractivity contribution in [2.75, 3.05) is 26.2 Å². The topological polar surface area (TPSA) is 15.3 Å². The summed E-state index contributed by atoms with van der Waals surface area (Å²) in [7, 11) is 0. The molecule has 0 amide bonds. The first-order valence-electron chi connectivity index (χ1n) is 7.43. The number of piperidine rings is 2. The lowest BCUT2D eigenvalue weighted by molar-refractivity contribution is 0.0600. The highest BCUT2D eigenvalue weighted by molar-refractivity contribution is 5.16. The lowest BCUT2D eigenvalue weighted by Gasteiger charge is -2.45. The van der Waals surface area contributed by atoms with Gasteiger partial charge in [-0.05, 0) is 61.9 Å². The zero-order valence-corrected chi connectivity index (χ0v) is 11.5. The smallest absolute Gasteiger partial charge is 0.123 e. The molecule has 3 rings (SSSR count). The van der Waals surface area contributed by atoms with Gasteiger partial charge >= 0.3 is 0 Å². The van der Waals surface area contributed by atoms with Crippen molar-refractivity contribution < 1.29 is 4.39 Å². The molecule has 2 nitrogen and oxygen atoms in total. The highest BCUT2D eigenvalue weighted by Gasteiger charge is 2.36. The molecule has 2 aliphatic rings. The van der Waals surface area contributed by atoms with Crippen LogP contribution in [-0.2, 0) is 6.54 Å². The summed E-state index contributed by atoms with van der Waals surface area (Å²) >= 11 is 0. The highest BCUT2D eigenvalue weighted by Crippen LogP contribution is 2.36. The van der Waals surface area contributed by atoms with Crippen LogP contribution in [0.15, 0.2) is 24.3 Å². The van der Waals surface area contributed by atoms with Gasteiger partial charge < -0.3 is 5.32 Å². The molecular formula is C16H23FN2. The predicted octanol–water partition coefficient (Wildman–Crippen LogP) is 2.79. The van der Waals surface area contributed by atoms with Gasteiger partial charge in [0.1, 0.15) is 5.82 Å². The van der Waals surface area contributed by atoms with Gasteiger partial charge in [0.15, 0.2) is 0 Å². The minimum absolute atomic E-state index is 0.143. The number of hydrogen-bond acceptors (Lipinski definition) is 2. The second kappa shape index (κ2) is 5.59. The van der Waals surface area contributed by atoms with Gasteiger partial charge in [0, 0.05) is 19.6 Å². The van der Waals surface area contributed by atoms with Crippen molar-refractivity contribution in [3.63, 3.8) is 0 Å². The van der Waals surface area contributed by atoms with Gasteiger partial charge in [-0.2, -0.15) is 0 Å². The number of rotatable bonds is 2. The maximum Gasteiger partial charge on any atom is 0.123 e. The van der Waals surface area contributed by atoms with E-state index >= 15 is 0 Å². The quantitative estimate of drug-likeness (QED) is 0.881. The second-order valence-corrected chi connectivity index (χ2v) is 6.22. The largest absolute Gasteiger partial charge is 0.316 e. The van der Waals surface area contributed by atoms with Crippen molar-refractivity contribution >= 4 is 0 Å². The molecule has 3 heteroatoms. The number of hydrogen-bond donors (Lipinski definition) is 1. The molecule has 1 spiro atoms. The Morgan fingerprint density at radius 2 is 1.95 bits per heavy atom. The normalized spacial score (nSPS) is 28.7. The third-order valence-corrected chi connectivity index (χ3v) is 4.62. The van der Waals surface area contributed by atoms with Gasteiger partial charge in [0.2, 0.25) is 0 Å². The number of halogens is 1. The fourth-order valence-corrected chi connectivity index (χ4v) is 3.67. The maximum absolute atomic E-state index is 12.9. The summed E-state index contributed by atoms with van der Waals surface area (Å²) in [4.78, 5) is 2.55. The maximum atomic E-state index is 12.9. The average Bonchev–Trinajstić information content (AvgIpc) is 2.42. The monoisotopic (exact) mass is 262 g/mol. The Morgan fingerprint density at radius 1 is 1.16 bits per heavy atom. The van der Waals surface area contributed by atoms with Gasteiger partial charge in [-0.25, -0.2) is 4.39 Å². The second-order valence-electron chi connectivity index (χ2n) is 6.22. The van der Waals surface area contributed by atoms with Crippen LogP contribution < -0.4 is 5.32 Å². The molecule has 0 radical (unpaired) electrons.